The van der Waals surface area contributed by atoms with Crippen LogP contribution in [-0.2, 0) is 0 Å². The van der Waals surface area contributed by atoms with Crippen molar-refractivity contribution in [1.29, 1.82) is 0 Å². The zero-order valence-electron chi connectivity index (χ0n) is 12.7. The summed E-state index contributed by atoms with van der Waals surface area (Å²) in [5.41, 5.74) is 3.16. The second-order valence-electron chi connectivity index (χ2n) is 5.74. The highest BCUT2D eigenvalue weighted by atomic mass is 28.3. The molecule has 0 unspecified atom stereocenters. The van der Waals surface area contributed by atoms with Gasteiger partial charge in [-0.3, -0.25) is 0 Å². The molecule has 108 valence electrons. The molecule has 4 rings (SSSR count). The lowest BCUT2D eigenvalue weighted by atomic mass is 10.1. The second kappa shape index (κ2) is 5.76. The minimum Gasteiger partial charge on any atom is -0.127 e. The quantitative estimate of drug-likeness (QED) is 0.393. The first-order chi connectivity index (χ1) is 11.4. The monoisotopic (exact) mass is 308 g/mol. The number of hydrogen-bond acceptors (Lipinski definition) is 0. The van der Waals surface area contributed by atoms with Gasteiger partial charge >= 0.3 is 0 Å². The summed E-state index contributed by atoms with van der Waals surface area (Å²) in [5, 5.41) is 7.77. The van der Waals surface area contributed by atoms with E-state index in [0.717, 1.165) is 0 Å². The maximum atomic E-state index is 6.03. The Hall–Kier alpha value is -2.82. The molecule has 23 heavy (non-hydrogen) atoms. The molecule has 0 aromatic heterocycles. The molecule has 0 aliphatic heterocycles. The molecule has 0 saturated heterocycles. The Labute approximate surface area is 138 Å². The minimum absolute atomic E-state index is 1.26. The van der Waals surface area contributed by atoms with E-state index in [1.165, 1.54) is 31.9 Å². The Balaban J connectivity index is 2.00. The minimum atomic E-state index is -1.70. The highest BCUT2D eigenvalue weighted by Gasteiger charge is 2.18. The first kappa shape index (κ1) is 13.8. The van der Waals surface area contributed by atoms with E-state index >= 15 is 0 Å². The van der Waals surface area contributed by atoms with E-state index in [1.54, 1.807) is 0 Å². The Morgan fingerprint density at radius 3 is 1.48 bits per heavy atom. The molecule has 0 amide bonds. The molecule has 0 radical (unpaired) electrons. The summed E-state index contributed by atoms with van der Waals surface area (Å²) in [4.78, 5) is 0. The number of fused-ring (bicyclic) bond motifs is 2. The molecule has 4 aromatic carbocycles. The van der Waals surface area contributed by atoms with E-state index < -0.39 is 8.80 Å². The van der Waals surface area contributed by atoms with Crippen LogP contribution in [0.2, 0.25) is 0 Å². The van der Waals surface area contributed by atoms with Crippen molar-refractivity contribution in [1.82, 2.24) is 0 Å². The summed E-state index contributed by atoms with van der Waals surface area (Å²) >= 11 is 0. The Morgan fingerprint density at radius 2 is 1.00 bits per heavy atom. The lowest BCUT2D eigenvalue weighted by Crippen LogP contribution is -2.42. The van der Waals surface area contributed by atoms with Crippen molar-refractivity contribution in [3.05, 3.63) is 84.9 Å². The fourth-order valence-electron chi connectivity index (χ4n) is 3.35. The first-order valence-electron chi connectivity index (χ1n) is 7.80. The van der Waals surface area contributed by atoms with E-state index in [0.29, 0.717) is 0 Å². The molecule has 0 fully saturated rings. The van der Waals surface area contributed by atoms with Crippen LogP contribution in [0.1, 0.15) is 0 Å². The van der Waals surface area contributed by atoms with Crippen LogP contribution in [0.4, 0.5) is 0 Å². The summed E-state index contributed by atoms with van der Waals surface area (Å²) in [6.45, 7) is 0. The molecule has 0 aliphatic rings. The van der Waals surface area contributed by atoms with Gasteiger partial charge in [0.05, 0.1) is 0 Å². The Morgan fingerprint density at radius 1 is 0.565 bits per heavy atom. The van der Waals surface area contributed by atoms with Gasteiger partial charge in [-0.15, -0.1) is 12.0 Å². The maximum absolute atomic E-state index is 6.03. The lowest BCUT2D eigenvalue weighted by Gasteiger charge is -2.15. The molecular weight excluding hydrogens is 292 g/mol. The topological polar surface area (TPSA) is 0 Å². The zero-order valence-corrected chi connectivity index (χ0v) is 13.9. The summed E-state index contributed by atoms with van der Waals surface area (Å²) in [6.07, 6.45) is 6.03. The summed E-state index contributed by atoms with van der Waals surface area (Å²) in [7, 11) is -1.70. The van der Waals surface area contributed by atoms with E-state index in [-0.39, 0.29) is 0 Å². The van der Waals surface area contributed by atoms with Crippen molar-refractivity contribution in [2.75, 3.05) is 0 Å². The highest BCUT2D eigenvalue weighted by Crippen LogP contribution is 2.15. The molecule has 0 atom stereocenters. The van der Waals surface area contributed by atoms with Crippen LogP contribution in [-0.4, -0.2) is 8.80 Å². The zero-order chi connectivity index (χ0) is 15.6. The van der Waals surface area contributed by atoms with Gasteiger partial charge in [0.25, 0.3) is 0 Å². The molecule has 0 N–H and O–H groups in total. The molecule has 0 bridgehead atoms. The van der Waals surface area contributed by atoms with Gasteiger partial charge in [-0.25, -0.2) is 0 Å². The Kier molecular flexibility index (Phi) is 3.46. The predicted molar refractivity (Wildman–Crippen MR) is 103 cm³/mol. The molecular formula is C22H16Si. The van der Waals surface area contributed by atoms with E-state index in [4.69, 9.17) is 6.42 Å². The number of terminal acetylenes is 1. The molecule has 1 heteroatoms. The van der Waals surface area contributed by atoms with Crippen molar-refractivity contribution < 1.29 is 0 Å². The molecule has 0 nitrogen and oxygen atoms in total. The van der Waals surface area contributed by atoms with Crippen LogP contribution >= 0.6 is 0 Å². The molecule has 0 spiro atoms. The number of hydrogen-bond donors (Lipinski definition) is 0. The average molecular weight is 308 g/mol. The first-order valence-corrected chi connectivity index (χ1v) is 9.53. The summed E-state index contributed by atoms with van der Waals surface area (Å²) in [5.74, 6) is 0. The molecule has 0 saturated carbocycles. The van der Waals surface area contributed by atoms with Gasteiger partial charge in [0.2, 0.25) is 0 Å². The molecule has 0 heterocycles. The van der Waals surface area contributed by atoms with E-state index in [9.17, 15) is 0 Å². The number of benzene rings is 4. The van der Waals surface area contributed by atoms with Gasteiger partial charge in [0.1, 0.15) is 0 Å². The van der Waals surface area contributed by atoms with Crippen molar-refractivity contribution in [3.63, 3.8) is 0 Å². The van der Waals surface area contributed by atoms with Gasteiger partial charge in [0.15, 0.2) is 8.80 Å². The van der Waals surface area contributed by atoms with Crippen molar-refractivity contribution in [2.24, 2.45) is 0 Å². The average Bonchev–Trinajstić information content (AvgIpc) is 2.63. The fraction of sp³-hybridized carbons (Fsp3) is 0. The van der Waals surface area contributed by atoms with Crippen LogP contribution in [0.25, 0.3) is 21.5 Å². The number of rotatable bonds is 2. The van der Waals surface area contributed by atoms with Crippen LogP contribution in [0, 0.1) is 12.0 Å². The Bertz CT molecular complexity index is 950. The lowest BCUT2D eigenvalue weighted by molar-refractivity contribution is 1.76. The SMILES string of the molecule is C#C[SiH](c1cccc2ccccc12)c1cccc2ccccc12. The van der Waals surface area contributed by atoms with Crippen molar-refractivity contribution in [2.45, 2.75) is 0 Å². The molecule has 0 aliphatic carbocycles. The van der Waals surface area contributed by atoms with Crippen LogP contribution in [0.5, 0.6) is 0 Å². The third-order valence-corrected chi connectivity index (χ3v) is 7.02. The largest absolute Gasteiger partial charge is 0.184 e. The van der Waals surface area contributed by atoms with E-state index in [2.05, 4.69) is 90.5 Å². The summed E-state index contributed by atoms with van der Waals surface area (Å²) < 4.78 is 0. The van der Waals surface area contributed by atoms with Crippen molar-refractivity contribution in [3.8, 4) is 12.0 Å². The summed E-state index contributed by atoms with van der Waals surface area (Å²) in [6, 6.07) is 30.0. The van der Waals surface area contributed by atoms with Gasteiger partial charge in [0, 0.05) is 0 Å². The van der Waals surface area contributed by atoms with Crippen LogP contribution in [0.3, 0.4) is 0 Å². The van der Waals surface area contributed by atoms with E-state index in [1.807, 2.05) is 0 Å². The van der Waals surface area contributed by atoms with Gasteiger partial charge in [-0.2, -0.15) is 0 Å². The standard InChI is InChI=1S/C22H16Si/c1-2-23(21-15-7-11-17-9-3-5-13-19(17)21)22-16-8-12-18-10-4-6-14-20(18)22/h1,3-16,23H. The van der Waals surface area contributed by atoms with Crippen molar-refractivity contribution >= 4 is 40.7 Å². The normalized spacial score (nSPS) is 11.0. The highest BCUT2D eigenvalue weighted by molar-refractivity contribution is 6.94. The fourth-order valence-corrected chi connectivity index (χ4v) is 5.80. The van der Waals surface area contributed by atoms with Gasteiger partial charge in [-0.05, 0) is 31.9 Å². The van der Waals surface area contributed by atoms with Crippen LogP contribution < -0.4 is 10.4 Å². The maximum Gasteiger partial charge on any atom is 0.184 e. The molecule has 4 aromatic rings. The third kappa shape index (κ3) is 2.34. The van der Waals surface area contributed by atoms with Gasteiger partial charge < -0.3 is 0 Å². The predicted octanol–water partition coefficient (Wildman–Crippen LogP) is 3.51. The van der Waals surface area contributed by atoms with Crippen LogP contribution in [0.15, 0.2) is 84.9 Å². The second-order valence-corrected chi connectivity index (χ2v) is 8.18. The van der Waals surface area contributed by atoms with Gasteiger partial charge in [-0.1, -0.05) is 84.9 Å². The third-order valence-electron chi connectivity index (χ3n) is 4.44. The smallest absolute Gasteiger partial charge is 0.127 e.